The Morgan fingerprint density at radius 2 is 1.62 bits per heavy atom. The summed E-state index contributed by atoms with van der Waals surface area (Å²) in [5, 5.41) is 5.27. The van der Waals surface area contributed by atoms with Gasteiger partial charge in [0, 0.05) is 18.5 Å². The Hall–Kier alpha value is -4.01. The molecule has 0 atom stereocenters. The second-order valence-corrected chi connectivity index (χ2v) is 6.78. The van der Waals surface area contributed by atoms with Crippen molar-refractivity contribution in [3.8, 4) is 0 Å². The Kier molecular flexibility index (Phi) is 7.69. The van der Waals surface area contributed by atoms with Gasteiger partial charge in [0.1, 0.15) is 12.3 Å². The van der Waals surface area contributed by atoms with Crippen molar-refractivity contribution in [1.29, 1.82) is 0 Å². The summed E-state index contributed by atoms with van der Waals surface area (Å²) in [5.41, 5.74) is 1.04. The fraction of sp³-hybridized carbons (Fsp3) is 0.261. The predicted molar refractivity (Wildman–Crippen MR) is 117 cm³/mol. The standard InChI is InChI=1S/C23H23N3O6/c1-2-31-22(29)15-25(17-9-5-3-6-10-17)21(28)16-32-23(30)19-13-14-20(27)26(24-19)18-11-7-4-8-12-18/h3-12H,2,13-16H2,1H3. The lowest BCUT2D eigenvalue weighted by Gasteiger charge is -2.23. The average Bonchev–Trinajstić information content (AvgIpc) is 2.82. The molecule has 0 radical (unpaired) electrons. The molecular formula is C23H23N3O6. The first-order valence-corrected chi connectivity index (χ1v) is 10.1. The first-order valence-electron chi connectivity index (χ1n) is 10.1. The minimum absolute atomic E-state index is 0.0397. The number of amides is 2. The van der Waals surface area contributed by atoms with Gasteiger partial charge in [0.2, 0.25) is 5.91 Å². The van der Waals surface area contributed by atoms with Crippen LogP contribution in [0.1, 0.15) is 19.8 Å². The summed E-state index contributed by atoms with van der Waals surface area (Å²) in [5.74, 6) is -2.21. The molecule has 2 aromatic carbocycles. The van der Waals surface area contributed by atoms with E-state index in [1.807, 2.05) is 0 Å². The molecule has 3 rings (SSSR count). The molecule has 1 aliphatic heterocycles. The molecule has 32 heavy (non-hydrogen) atoms. The normalized spacial score (nSPS) is 13.2. The van der Waals surface area contributed by atoms with Crippen LogP contribution in [0.2, 0.25) is 0 Å². The topological polar surface area (TPSA) is 106 Å². The third-order valence-electron chi connectivity index (χ3n) is 4.56. The second-order valence-electron chi connectivity index (χ2n) is 6.78. The highest BCUT2D eigenvalue weighted by atomic mass is 16.5. The van der Waals surface area contributed by atoms with E-state index in [0.717, 1.165) is 5.01 Å². The molecule has 2 aromatic rings. The van der Waals surface area contributed by atoms with Crippen LogP contribution in [-0.2, 0) is 28.7 Å². The van der Waals surface area contributed by atoms with E-state index in [2.05, 4.69) is 5.10 Å². The molecule has 0 unspecified atom stereocenters. The number of nitrogens with zero attached hydrogens (tertiary/aromatic N) is 3. The van der Waals surface area contributed by atoms with E-state index in [1.54, 1.807) is 67.6 Å². The lowest BCUT2D eigenvalue weighted by Crippen LogP contribution is -2.40. The highest BCUT2D eigenvalue weighted by Gasteiger charge is 2.28. The van der Waals surface area contributed by atoms with E-state index in [9.17, 15) is 19.2 Å². The fourth-order valence-electron chi connectivity index (χ4n) is 3.03. The molecular weight excluding hydrogens is 414 g/mol. The minimum atomic E-state index is -0.795. The Morgan fingerprint density at radius 3 is 2.28 bits per heavy atom. The predicted octanol–water partition coefficient (Wildman–Crippen LogP) is 2.31. The van der Waals surface area contributed by atoms with Crippen molar-refractivity contribution in [3.63, 3.8) is 0 Å². The van der Waals surface area contributed by atoms with Crippen LogP contribution in [0, 0.1) is 0 Å². The highest BCUT2D eigenvalue weighted by Crippen LogP contribution is 2.20. The van der Waals surface area contributed by atoms with Gasteiger partial charge in [-0.25, -0.2) is 9.80 Å². The largest absolute Gasteiger partial charge is 0.465 e. The van der Waals surface area contributed by atoms with E-state index < -0.39 is 24.5 Å². The number of esters is 2. The zero-order valence-electron chi connectivity index (χ0n) is 17.6. The average molecular weight is 437 g/mol. The molecule has 0 fully saturated rings. The molecule has 0 aromatic heterocycles. The van der Waals surface area contributed by atoms with Gasteiger partial charge in [-0.15, -0.1) is 0 Å². The second kappa shape index (κ2) is 10.9. The van der Waals surface area contributed by atoms with Crippen LogP contribution < -0.4 is 9.91 Å². The van der Waals surface area contributed by atoms with Gasteiger partial charge in [0.15, 0.2) is 6.61 Å². The Bertz CT molecular complexity index is 1010. The molecule has 0 N–H and O–H groups in total. The summed E-state index contributed by atoms with van der Waals surface area (Å²) in [6.07, 6.45) is 0.205. The Labute approximate surface area is 185 Å². The molecule has 2 amide bonds. The number of hydrogen-bond acceptors (Lipinski definition) is 7. The van der Waals surface area contributed by atoms with Crippen molar-refractivity contribution in [2.45, 2.75) is 19.8 Å². The summed E-state index contributed by atoms with van der Waals surface area (Å²) < 4.78 is 10.1. The maximum Gasteiger partial charge on any atom is 0.355 e. The first kappa shape index (κ1) is 22.7. The van der Waals surface area contributed by atoms with Crippen LogP contribution in [0.5, 0.6) is 0 Å². The molecule has 1 aliphatic rings. The monoisotopic (exact) mass is 437 g/mol. The maximum absolute atomic E-state index is 12.7. The summed E-state index contributed by atoms with van der Waals surface area (Å²) >= 11 is 0. The quantitative estimate of drug-likeness (QED) is 0.587. The van der Waals surface area contributed by atoms with Crippen molar-refractivity contribution in [3.05, 3.63) is 60.7 Å². The van der Waals surface area contributed by atoms with Crippen LogP contribution in [0.3, 0.4) is 0 Å². The van der Waals surface area contributed by atoms with Crippen LogP contribution in [0.15, 0.2) is 65.8 Å². The van der Waals surface area contributed by atoms with Crippen molar-refractivity contribution < 1.29 is 28.7 Å². The van der Waals surface area contributed by atoms with E-state index >= 15 is 0 Å². The lowest BCUT2D eigenvalue weighted by atomic mass is 10.1. The van der Waals surface area contributed by atoms with E-state index in [4.69, 9.17) is 9.47 Å². The number of hydrogen-bond donors (Lipinski definition) is 0. The number of anilines is 2. The van der Waals surface area contributed by atoms with Crippen LogP contribution >= 0.6 is 0 Å². The van der Waals surface area contributed by atoms with Gasteiger partial charge in [-0.05, 0) is 31.2 Å². The number of carbonyl (C=O) groups is 4. The molecule has 9 nitrogen and oxygen atoms in total. The summed E-state index contributed by atoms with van der Waals surface area (Å²) in [6.45, 7) is 0.945. The van der Waals surface area contributed by atoms with Gasteiger partial charge < -0.3 is 9.47 Å². The van der Waals surface area contributed by atoms with E-state index in [-0.39, 0.29) is 37.6 Å². The van der Waals surface area contributed by atoms with Gasteiger partial charge in [-0.2, -0.15) is 5.10 Å². The molecule has 0 spiro atoms. The number of rotatable bonds is 8. The molecule has 0 saturated carbocycles. The molecule has 166 valence electrons. The van der Waals surface area contributed by atoms with Gasteiger partial charge in [0.25, 0.3) is 5.91 Å². The third kappa shape index (κ3) is 5.78. The number of hydrazone groups is 1. The molecule has 1 heterocycles. The van der Waals surface area contributed by atoms with Gasteiger partial charge in [-0.1, -0.05) is 36.4 Å². The van der Waals surface area contributed by atoms with Gasteiger partial charge >= 0.3 is 11.9 Å². The zero-order chi connectivity index (χ0) is 22.9. The smallest absolute Gasteiger partial charge is 0.355 e. The summed E-state index contributed by atoms with van der Waals surface area (Å²) in [4.78, 5) is 50.6. The van der Waals surface area contributed by atoms with Crippen molar-refractivity contribution in [1.82, 2.24) is 0 Å². The SMILES string of the molecule is CCOC(=O)CN(C(=O)COC(=O)C1=NN(c2ccccc2)C(=O)CC1)c1ccccc1. The van der Waals surface area contributed by atoms with Gasteiger partial charge in [-0.3, -0.25) is 19.3 Å². The number of ether oxygens (including phenoxy) is 2. The Morgan fingerprint density at radius 1 is 0.969 bits per heavy atom. The number of benzene rings is 2. The van der Waals surface area contributed by atoms with E-state index in [1.165, 1.54) is 4.90 Å². The van der Waals surface area contributed by atoms with Crippen LogP contribution in [0.4, 0.5) is 11.4 Å². The van der Waals surface area contributed by atoms with Crippen LogP contribution in [-0.4, -0.2) is 49.2 Å². The molecule has 0 bridgehead atoms. The number of carbonyl (C=O) groups excluding carboxylic acids is 4. The zero-order valence-corrected chi connectivity index (χ0v) is 17.6. The van der Waals surface area contributed by atoms with Crippen molar-refractivity contribution in [2.75, 3.05) is 29.7 Å². The van der Waals surface area contributed by atoms with Crippen LogP contribution in [0.25, 0.3) is 0 Å². The maximum atomic E-state index is 12.7. The highest BCUT2D eigenvalue weighted by molar-refractivity contribution is 6.38. The number of para-hydroxylation sites is 2. The molecule has 0 aliphatic carbocycles. The fourth-order valence-corrected chi connectivity index (χ4v) is 3.03. The lowest BCUT2D eigenvalue weighted by molar-refractivity contribution is -0.143. The first-order chi connectivity index (χ1) is 15.5. The molecule has 0 saturated heterocycles. The summed E-state index contributed by atoms with van der Waals surface area (Å²) in [7, 11) is 0. The molecule has 9 heteroatoms. The third-order valence-corrected chi connectivity index (χ3v) is 4.56. The van der Waals surface area contributed by atoms with Crippen molar-refractivity contribution in [2.24, 2.45) is 5.10 Å². The van der Waals surface area contributed by atoms with Gasteiger partial charge in [0.05, 0.1) is 12.3 Å². The van der Waals surface area contributed by atoms with E-state index in [0.29, 0.717) is 11.4 Å². The van der Waals surface area contributed by atoms with Crippen molar-refractivity contribution >= 4 is 40.8 Å². The minimum Gasteiger partial charge on any atom is -0.465 e. The Balaban J connectivity index is 1.68. The summed E-state index contributed by atoms with van der Waals surface area (Å²) in [6, 6.07) is 17.3.